The van der Waals surface area contributed by atoms with Crippen LogP contribution >= 0.6 is 0 Å². The SMILES string of the molecule is O=c1c(-c2ccccc2)[n+](-c2ccccc2)[nH]c2ccc([N+](=O)[O-])cc12. The van der Waals surface area contributed by atoms with Gasteiger partial charge in [0.25, 0.3) is 16.8 Å². The van der Waals surface area contributed by atoms with Crippen LogP contribution in [0.4, 0.5) is 5.69 Å². The Labute approximate surface area is 148 Å². The smallest absolute Gasteiger partial charge is 0.282 e. The van der Waals surface area contributed by atoms with E-state index in [4.69, 9.17) is 0 Å². The molecule has 3 aromatic carbocycles. The molecule has 26 heavy (non-hydrogen) atoms. The van der Waals surface area contributed by atoms with Gasteiger partial charge in [0.2, 0.25) is 5.69 Å². The number of benzene rings is 3. The molecule has 0 aliphatic carbocycles. The highest BCUT2D eigenvalue weighted by Gasteiger charge is 2.24. The van der Waals surface area contributed by atoms with Crippen molar-refractivity contribution in [1.82, 2.24) is 5.10 Å². The molecule has 4 rings (SSSR count). The standard InChI is InChI=1S/C20H13N3O3/c24-20-17-13-16(23(25)26)11-12-18(17)21-22(15-9-5-2-6-10-15)19(20)14-7-3-1-4-8-14/h1-13H/p+1. The minimum absolute atomic E-state index is 0.112. The van der Waals surface area contributed by atoms with Crippen LogP contribution in [0, 0.1) is 10.1 Å². The van der Waals surface area contributed by atoms with Gasteiger partial charge >= 0.3 is 0 Å². The predicted octanol–water partition coefficient (Wildman–Crippen LogP) is 3.38. The number of nitro benzene ring substituents is 1. The normalized spacial score (nSPS) is 10.8. The topological polar surface area (TPSA) is 79.9 Å². The fraction of sp³-hybridized carbons (Fsp3) is 0. The largest absolute Gasteiger partial charge is 0.291 e. The third-order valence-corrected chi connectivity index (χ3v) is 4.19. The van der Waals surface area contributed by atoms with Crippen LogP contribution in [0.25, 0.3) is 27.8 Å². The van der Waals surface area contributed by atoms with Crippen LogP contribution in [0.1, 0.15) is 0 Å². The molecule has 0 atom stereocenters. The average molecular weight is 344 g/mol. The molecule has 0 unspecified atom stereocenters. The number of rotatable bonds is 3. The molecule has 126 valence electrons. The van der Waals surface area contributed by atoms with E-state index < -0.39 is 4.92 Å². The Morgan fingerprint density at radius 3 is 2.19 bits per heavy atom. The van der Waals surface area contributed by atoms with Crippen molar-refractivity contribution < 1.29 is 9.61 Å². The quantitative estimate of drug-likeness (QED) is 0.351. The summed E-state index contributed by atoms with van der Waals surface area (Å²) in [5.74, 6) is 0. The van der Waals surface area contributed by atoms with Crippen LogP contribution in [0.3, 0.4) is 0 Å². The Kier molecular flexibility index (Phi) is 3.78. The van der Waals surface area contributed by atoms with Crippen LogP contribution in [0.2, 0.25) is 0 Å². The molecule has 0 bridgehead atoms. The van der Waals surface area contributed by atoms with E-state index in [1.54, 1.807) is 10.7 Å². The van der Waals surface area contributed by atoms with Crippen molar-refractivity contribution in [2.45, 2.75) is 0 Å². The van der Waals surface area contributed by atoms with Crippen LogP contribution in [-0.2, 0) is 0 Å². The Balaban J connectivity index is 2.11. The van der Waals surface area contributed by atoms with E-state index in [9.17, 15) is 14.9 Å². The highest BCUT2D eigenvalue weighted by Crippen LogP contribution is 2.20. The summed E-state index contributed by atoms with van der Waals surface area (Å²) in [6.07, 6.45) is 0. The number of nitrogens with zero attached hydrogens (tertiary/aromatic N) is 2. The van der Waals surface area contributed by atoms with E-state index in [1.807, 2.05) is 60.7 Å². The van der Waals surface area contributed by atoms with Crippen molar-refractivity contribution in [3.05, 3.63) is 99.2 Å². The first kappa shape index (κ1) is 15.7. The van der Waals surface area contributed by atoms with Crippen LogP contribution in [0.5, 0.6) is 0 Å². The zero-order valence-corrected chi connectivity index (χ0v) is 13.6. The molecule has 0 spiro atoms. The first-order valence-corrected chi connectivity index (χ1v) is 8.02. The van der Waals surface area contributed by atoms with Gasteiger partial charge in [0.1, 0.15) is 5.52 Å². The summed E-state index contributed by atoms with van der Waals surface area (Å²) in [6.45, 7) is 0. The summed E-state index contributed by atoms with van der Waals surface area (Å²) in [5, 5.41) is 14.6. The Morgan fingerprint density at radius 2 is 1.54 bits per heavy atom. The van der Waals surface area contributed by atoms with Gasteiger partial charge in [-0.1, -0.05) is 41.1 Å². The van der Waals surface area contributed by atoms with Gasteiger partial charge in [-0.05, 0) is 18.2 Å². The molecular weight excluding hydrogens is 330 g/mol. The second kappa shape index (κ2) is 6.25. The van der Waals surface area contributed by atoms with Gasteiger partial charge in [-0.15, -0.1) is 0 Å². The second-order valence-corrected chi connectivity index (χ2v) is 5.81. The van der Waals surface area contributed by atoms with E-state index in [-0.39, 0.29) is 16.5 Å². The van der Waals surface area contributed by atoms with Gasteiger partial charge in [-0.25, -0.2) is 0 Å². The minimum Gasteiger partial charge on any atom is -0.282 e. The van der Waals surface area contributed by atoms with Crippen LogP contribution in [0.15, 0.2) is 83.7 Å². The van der Waals surface area contributed by atoms with Gasteiger partial charge in [-0.2, -0.15) is 5.10 Å². The number of hydrogen-bond acceptors (Lipinski definition) is 3. The summed E-state index contributed by atoms with van der Waals surface area (Å²) in [6, 6.07) is 23.0. The summed E-state index contributed by atoms with van der Waals surface area (Å²) in [5.41, 5.74) is 2.10. The minimum atomic E-state index is -0.501. The molecule has 6 nitrogen and oxygen atoms in total. The fourth-order valence-corrected chi connectivity index (χ4v) is 2.96. The lowest BCUT2D eigenvalue weighted by molar-refractivity contribution is -0.646. The van der Waals surface area contributed by atoms with Gasteiger partial charge < -0.3 is 0 Å². The van der Waals surface area contributed by atoms with Crippen molar-refractivity contribution >= 4 is 16.6 Å². The molecule has 1 heterocycles. The Hall–Kier alpha value is -3.80. The number of fused-ring (bicyclic) bond motifs is 1. The first-order chi connectivity index (χ1) is 12.6. The summed E-state index contributed by atoms with van der Waals surface area (Å²) in [4.78, 5) is 23.8. The van der Waals surface area contributed by atoms with Gasteiger partial charge in [0, 0.05) is 24.3 Å². The molecule has 0 radical (unpaired) electrons. The number of hydrogen-bond donors (Lipinski definition) is 1. The first-order valence-electron chi connectivity index (χ1n) is 8.02. The van der Waals surface area contributed by atoms with Crippen molar-refractivity contribution in [2.75, 3.05) is 0 Å². The van der Waals surface area contributed by atoms with E-state index >= 15 is 0 Å². The molecule has 6 heteroatoms. The van der Waals surface area contributed by atoms with Gasteiger partial charge in [-0.3, -0.25) is 14.9 Å². The summed E-state index contributed by atoms with van der Waals surface area (Å²) < 4.78 is 1.71. The zero-order chi connectivity index (χ0) is 18.1. The number of nitrogens with one attached hydrogen (secondary N) is 1. The van der Waals surface area contributed by atoms with Crippen molar-refractivity contribution in [3.8, 4) is 16.9 Å². The summed E-state index contributed by atoms with van der Waals surface area (Å²) >= 11 is 0. The third-order valence-electron chi connectivity index (χ3n) is 4.19. The maximum Gasteiger partial charge on any atom is 0.291 e. The number of non-ortho nitro benzene ring substituents is 1. The maximum atomic E-state index is 13.2. The molecule has 1 aromatic heterocycles. The lowest BCUT2D eigenvalue weighted by Crippen LogP contribution is -2.42. The molecule has 0 aliphatic heterocycles. The fourth-order valence-electron chi connectivity index (χ4n) is 2.96. The number of aromatic amines is 1. The molecule has 0 saturated carbocycles. The van der Waals surface area contributed by atoms with Crippen molar-refractivity contribution in [1.29, 1.82) is 0 Å². The Bertz CT molecular complexity index is 1170. The predicted molar refractivity (Wildman–Crippen MR) is 98.2 cm³/mol. The van der Waals surface area contributed by atoms with Crippen LogP contribution in [-0.4, -0.2) is 10.0 Å². The number of H-pyrrole nitrogens is 1. The molecule has 0 amide bonds. The van der Waals surface area contributed by atoms with Crippen molar-refractivity contribution in [2.24, 2.45) is 0 Å². The number of para-hydroxylation sites is 1. The maximum absolute atomic E-state index is 13.2. The molecule has 0 saturated heterocycles. The molecule has 0 aliphatic rings. The monoisotopic (exact) mass is 344 g/mol. The molecule has 1 N–H and O–H groups in total. The van der Waals surface area contributed by atoms with E-state index in [2.05, 4.69) is 5.10 Å². The molecule has 0 fully saturated rings. The van der Waals surface area contributed by atoms with E-state index in [1.165, 1.54) is 12.1 Å². The highest BCUT2D eigenvalue weighted by molar-refractivity contribution is 5.82. The van der Waals surface area contributed by atoms with Crippen molar-refractivity contribution in [3.63, 3.8) is 0 Å². The lowest BCUT2D eigenvalue weighted by atomic mass is 10.1. The lowest BCUT2D eigenvalue weighted by Gasteiger charge is -2.05. The highest BCUT2D eigenvalue weighted by atomic mass is 16.6. The molecular formula is C20H14N3O3+. The Morgan fingerprint density at radius 1 is 0.885 bits per heavy atom. The van der Waals surface area contributed by atoms with Crippen LogP contribution < -0.4 is 10.1 Å². The second-order valence-electron chi connectivity index (χ2n) is 5.81. The summed E-state index contributed by atoms with van der Waals surface area (Å²) in [7, 11) is 0. The van der Waals surface area contributed by atoms with Gasteiger partial charge in [0.05, 0.1) is 15.9 Å². The third kappa shape index (κ3) is 2.63. The number of aromatic nitrogens is 2. The molecule has 4 aromatic rings. The zero-order valence-electron chi connectivity index (χ0n) is 13.6. The van der Waals surface area contributed by atoms with E-state index in [0.29, 0.717) is 11.2 Å². The van der Waals surface area contributed by atoms with E-state index in [0.717, 1.165) is 11.3 Å². The van der Waals surface area contributed by atoms with Gasteiger partial charge in [0.15, 0.2) is 0 Å². The average Bonchev–Trinajstić information content (AvgIpc) is 2.69. The number of nitro groups is 1.